The van der Waals surface area contributed by atoms with Gasteiger partial charge in [0, 0.05) is 36.1 Å². The Bertz CT molecular complexity index is 951. The smallest absolute Gasteiger partial charge is 0.365 e. The monoisotopic (exact) mass is 404 g/mol. The van der Waals surface area contributed by atoms with Crippen molar-refractivity contribution in [3.05, 3.63) is 36.0 Å². The van der Waals surface area contributed by atoms with Gasteiger partial charge in [-0.3, -0.25) is 9.78 Å². The molecule has 3 heterocycles. The van der Waals surface area contributed by atoms with E-state index in [-0.39, 0.29) is 23.3 Å². The van der Waals surface area contributed by atoms with E-state index in [1.807, 2.05) is 4.90 Å². The highest BCUT2D eigenvalue weighted by molar-refractivity contribution is 6.02. The number of rotatable bonds is 2. The van der Waals surface area contributed by atoms with Crippen molar-refractivity contribution in [2.75, 3.05) is 31.1 Å². The molecule has 154 valence electrons. The van der Waals surface area contributed by atoms with Crippen LogP contribution in [0.5, 0.6) is 0 Å². The van der Waals surface area contributed by atoms with Crippen LogP contribution in [-0.2, 0) is 11.0 Å². The molecule has 1 aromatic heterocycles. The van der Waals surface area contributed by atoms with Gasteiger partial charge in [0.25, 0.3) is 0 Å². The molecule has 1 amide bonds. The Hall–Kier alpha value is -2.48. The number of hydrogen-bond donors (Lipinski definition) is 1. The first-order valence-corrected chi connectivity index (χ1v) is 9.84. The Labute approximate surface area is 167 Å². The molecule has 8 heteroatoms. The number of aromatic nitrogens is 1. The number of piperidine rings is 1. The van der Waals surface area contributed by atoms with E-state index in [9.17, 15) is 18.0 Å². The Morgan fingerprint density at radius 3 is 2.86 bits per heavy atom. The number of halogens is 3. The zero-order chi connectivity index (χ0) is 20.6. The SMILES string of the molecule is C[C@H]1CC(=NC(=O)[C@@H]2CCNC2)CN(c2ccc(C(F)(F)F)c3ncccc23)C1. The summed E-state index contributed by atoms with van der Waals surface area (Å²) in [5, 5.41) is 3.63. The van der Waals surface area contributed by atoms with Crippen molar-refractivity contribution in [2.24, 2.45) is 16.8 Å². The second-order valence-corrected chi connectivity index (χ2v) is 7.93. The number of alkyl halides is 3. The van der Waals surface area contributed by atoms with E-state index < -0.39 is 11.7 Å². The van der Waals surface area contributed by atoms with Crippen LogP contribution >= 0.6 is 0 Å². The predicted octanol–water partition coefficient (Wildman–Crippen LogP) is 3.68. The van der Waals surface area contributed by atoms with Gasteiger partial charge in [-0.15, -0.1) is 0 Å². The van der Waals surface area contributed by atoms with Gasteiger partial charge in [0.2, 0.25) is 5.91 Å². The normalized spacial score (nSPS) is 24.4. The molecule has 0 aliphatic carbocycles. The number of carbonyl (C=O) groups excluding carboxylic acids is 1. The van der Waals surface area contributed by atoms with Gasteiger partial charge in [-0.1, -0.05) is 6.92 Å². The van der Waals surface area contributed by atoms with E-state index in [0.717, 1.165) is 31.2 Å². The van der Waals surface area contributed by atoms with Crippen LogP contribution in [0.15, 0.2) is 35.5 Å². The molecule has 0 saturated carbocycles. The minimum Gasteiger partial charge on any atom is -0.365 e. The van der Waals surface area contributed by atoms with Crippen molar-refractivity contribution >= 4 is 28.2 Å². The molecule has 0 unspecified atom stereocenters. The fourth-order valence-electron chi connectivity index (χ4n) is 4.23. The molecule has 1 N–H and O–H groups in total. The van der Waals surface area contributed by atoms with Crippen LogP contribution in [0.3, 0.4) is 0 Å². The lowest BCUT2D eigenvalue weighted by molar-refractivity contribution is -0.136. The van der Waals surface area contributed by atoms with Crippen LogP contribution in [-0.4, -0.2) is 42.8 Å². The molecule has 2 atom stereocenters. The molecule has 2 saturated heterocycles. The maximum Gasteiger partial charge on any atom is 0.418 e. The molecule has 4 rings (SSSR count). The zero-order valence-electron chi connectivity index (χ0n) is 16.2. The number of aliphatic imine (C=N–C) groups is 1. The molecular weight excluding hydrogens is 381 g/mol. The van der Waals surface area contributed by atoms with E-state index in [4.69, 9.17) is 0 Å². The fourth-order valence-corrected chi connectivity index (χ4v) is 4.23. The van der Waals surface area contributed by atoms with Gasteiger partial charge in [-0.2, -0.15) is 13.2 Å². The van der Waals surface area contributed by atoms with Gasteiger partial charge in [0.1, 0.15) is 0 Å². The van der Waals surface area contributed by atoms with Crippen molar-refractivity contribution in [2.45, 2.75) is 25.9 Å². The molecule has 29 heavy (non-hydrogen) atoms. The molecule has 0 bridgehead atoms. The number of nitrogens with zero attached hydrogens (tertiary/aromatic N) is 3. The third-order valence-electron chi connectivity index (χ3n) is 5.56. The molecule has 2 aromatic rings. The number of hydrogen-bond acceptors (Lipinski definition) is 4. The summed E-state index contributed by atoms with van der Waals surface area (Å²) in [6.45, 7) is 4.67. The number of nitrogens with one attached hydrogen (secondary N) is 1. The number of anilines is 1. The van der Waals surface area contributed by atoms with Gasteiger partial charge in [0.15, 0.2) is 0 Å². The lowest BCUT2D eigenvalue weighted by Crippen LogP contribution is -2.40. The Kier molecular flexibility index (Phi) is 5.29. The summed E-state index contributed by atoms with van der Waals surface area (Å²) >= 11 is 0. The zero-order valence-corrected chi connectivity index (χ0v) is 16.2. The molecule has 2 aliphatic heterocycles. The topological polar surface area (TPSA) is 57.6 Å². The van der Waals surface area contributed by atoms with Crippen molar-refractivity contribution < 1.29 is 18.0 Å². The van der Waals surface area contributed by atoms with E-state index in [2.05, 4.69) is 22.2 Å². The highest BCUT2D eigenvalue weighted by atomic mass is 19.4. The average Bonchev–Trinajstić information content (AvgIpc) is 3.21. The summed E-state index contributed by atoms with van der Waals surface area (Å²) in [7, 11) is 0. The van der Waals surface area contributed by atoms with Crippen molar-refractivity contribution in [1.82, 2.24) is 10.3 Å². The first-order chi connectivity index (χ1) is 13.8. The van der Waals surface area contributed by atoms with Crippen LogP contribution in [0.1, 0.15) is 25.3 Å². The van der Waals surface area contributed by atoms with E-state index in [1.165, 1.54) is 12.3 Å². The fraction of sp³-hybridized carbons (Fsp3) is 0.476. The van der Waals surface area contributed by atoms with E-state index in [0.29, 0.717) is 30.7 Å². The minimum atomic E-state index is -4.46. The number of pyridine rings is 1. The highest BCUT2D eigenvalue weighted by Gasteiger charge is 2.34. The molecular formula is C21H23F3N4O. The molecule has 0 radical (unpaired) electrons. The van der Waals surface area contributed by atoms with E-state index in [1.54, 1.807) is 12.1 Å². The number of fused-ring (bicyclic) bond motifs is 1. The Morgan fingerprint density at radius 1 is 1.31 bits per heavy atom. The average molecular weight is 404 g/mol. The largest absolute Gasteiger partial charge is 0.418 e. The van der Waals surface area contributed by atoms with Gasteiger partial charge >= 0.3 is 6.18 Å². The lowest BCUT2D eigenvalue weighted by Gasteiger charge is -2.34. The maximum absolute atomic E-state index is 13.4. The number of benzene rings is 1. The van der Waals surface area contributed by atoms with Crippen molar-refractivity contribution in [3.8, 4) is 0 Å². The van der Waals surface area contributed by atoms with Gasteiger partial charge in [0.05, 0.1) is 23.5 Å². The van der Waals surface area contributed by atoms with Crippen LogP contribution in [0, 0.1) is 11.8 Å². The second kappa shape index (κ2) is 7.74. The van der Waals surface area contributed by atoms with Crippen LogP contribution in [0.25, 0.3) is 10.9 Å². The molecule has 2 fully saturated rings. The van der Waals surface area contributed by atoms with E-state index >= 15 is 0 Å². The Morgan fingerprint density at radius 2 is 2.14 bits per heavy atom. The number of carbonyl (C=O) groups is 1. The van der Waals surface area contributed by atoms with Crippen molar-refractivity contribution in [1.29, 1.82) is 0 Å². The quantitative estimate of drug-likeness (QED) is 0.830. The third kappa shape index (κ3) is 4.12. The molecule has 5 nitrogen and oxygen atoms in total. The van der Waals surface area contributed by atoms with Crippen molar-refractivity contribution in [3.63, 3.8) is 0 Å². The first-order valence-electron chi connectivity index (χ1n) is 9.84. The molecule has 1 aromatic carbocycles. The standard InChI is InChI=1S/C21H23F3N4O/c1-13-9-15(27-20(29)14-6-8-25-10-14)12-28(11-13)18-5-4-17(21(22,23)24)19-16(18)3-2-7-26-19/h2-5,7,13-14,25H,6,8-12H2,1H3/t13-,14+/m0/s1. The second-order valence-electron chi connectivity index (χ2n) is 7.93. The minimum absolute atomic E-state index is 0.0534. The van der Waals surface area contributed by atoms with Gasteiger partial charge in [-0.05, 0) is 49.6 Å². The van der Waals surface area contributed by atoms with Crippen LogP contribution in [0.4, 0.5) is 18.9 Å². The lowest BCUT2D eigenvalue weighted by atomic mass is 9.96. The highest BCUT2D eigenvalue weighted by Crippen LogP contribution is 2.38. The van der Waals surface area contributed by atoms with Crippen LogP contribution in [0.2, 0.25) is 0 Å². The third-order valence-corrected chi connectivity index (χ3v) is 5.56. The summed E-state index contributed by atoms with van der Waals surface area (Å²) in [4.78, 5) is 22.8. The summed E-state index contributed by atoms with van der Waals surface area (Å²) in [6.07, 6.45) is -1.57. The summed E-state index contributed by atoms with van der Waals surface area (Å²) in [6, 6.07) is 5.91. The Balaban J connectivity index is 1.67. The predicted molar refractivity (Wildman–Crippen MR) is 106 cm³/mol. The van der Waals surface area contributed by atoms with Gasteiger partial charge < -0.3 is 10.2 Å². The maximum atomic E-state index is 13.4. The first kappa shape index (κ1) is 19.8. The summed E-state index contributed by atoms with van der Waals surface area (Å²) < 4.78 is 40.2. The van der Waals surface area contributed by atoms with Gasteiger partial charge in [-0.25, -0.2) is 4.99 Å². The van der Waals surface area contributed by atoms with Crippen LogP contribution < -0.4 is 10.2 Å². The summed E-state index contributed by atoms with van der Waals surface area (Å²) in [5.74, 6) is 0.0632. The summed E-state index contributed by atoms with van der Waals surface area (Å²) in [5.41, 5.74) is 0.690. The number of amides is 1. The molecule has 0 spiro atoms. The molecule has 2 aliphatic rings.